The Labute approximate surface area is 102 Å². The Morgan fingerprint density at radius 2 is 1.88 bits per heavy atom. The summed E-state index contributed by atoms with van der Waals surface area (Å²) in [6.07, 6.45) is 4.69. The molecular formula is C15H18O2. The molecule has 0 radical (unpaired) electrons. The Morgan fingerprint density at radius 3 is 2.65 bits per heavy atom. The highest BCUT2D eigenvalue weighted by atomic mass is 16.3. The molecule has 0 heterocycles. The van der Waals surface area contributed by atoms with E-state index in [4.69, 9.17) is 0 Å². The summed E-state index contributed by atoms with van der Waals surface area (Å²) < 4.78 is 0. The lowest BCUT2D eigenvalue weighted by atomic mass is 9.76. The number of ketones is 1. The first-order valence-electron chi connectivity index (χ1n) is 6.57. The summed E-state index contributed by atoms with van der Waals surface area (Å²) in [4.78, 5) is 12.3. The van der Waals surface area contributed by atoms with Gasteiger partial charge in [-0.2, -0.15) is 0 Å². The van der Waals surface area contributed by atoms with Crippen molar-refractivity contribution in [1.29, 1.82) is 0 Å². The normalized spacial score (nSPS) is 32.5. The van der Waals surface area contributed by atoms with Gasteiger partial charge in [-0.15, -0.1) is 0 Å². The fourth-order valence-electron chi connectivity index (χ4n) is 3.42. The molecule has 1 aromatic carbocycles. The van der Waals surface area contributed by atoms with E-state index in [0.717, 1.165) is 37.7 Å². The minimum absolute atomic E-state index is 0.0303. The van der Waals surface area contributed by atoms with Crippen LogP contribution in [-0.4, -0.2) is 17.0 Å². The Hall–Kier alpha value is -1.15. The lowest BCUT2D eigenvalue weighted by Gasteiger charge is -2.31. The third-order valence-electron chi connectivity index (χ3n) is 4.36. The van der Waals surface area contributed by atoms with Crippen molar-refractivity contribution in [2.75, 3.05) is 0 Å². The standard InChI is InChI=1S/C15H18O2/c16-14-8-4-3-7-12(14)13-9-10-5-1-2-6-11(10)15(13)17/h1-2,5-6,12-14,16H,3-4,7-9H2. The Kier molecular flexibility index (Phi) is 2.75. The van der Waals surface area contributed by atoms with Crippen LogP contribution in [0.1, 0.15) is 41.6 Å². The first kappa shape index (κ1) is 11.0. The third-order valence-corrected chi connectivity index (χ3v) is 4.36. The number of aliphatic hydroxyl groups excluding tert-OH is 1. The molecule has 2 heteroatoms. The van der Waals surface area contributed by atoms with E-state index in [2.05, 4.69) is 0 Å². The fourth-order valence-corrected chi connectivity index (χ4v) is 3.42. The Morgan fingerprint density at radius 1 is 1.12 bits per heavy atom. The van der Waals surface area contributed by atoms with Crippen LogP contribution in [-0.2, 0) is 6.42 Å². The number of hydrogen-bond donors (Lipinski definition) is 1. The quantitative estimate of drug-likeness (QED) is 0.805. The number of aliphatic hydroxyl groups is 1. The number of Topliss-reactive ketones (excluding diaryl/α,β-unsaturated/α-hetero) is 1. The molecular weight excluding hydrogens is 212 g/mol. The van der Waals surface area contributed by atoms with E-state index in [9.17, 15) is 9.90 Å². The van der Waals surface area contributed by atoms with Crippen molar-refractivity contribution in [3.8, 4) is 0 Å². The molecule has 2 aliphatic rings. The molecule has 0 bridgehead atoms. The van der Waals surface area contributed by atoms with Gasteiger partial charge in [0.15, 0.2) is 5.78 Å². The van der Waals surface area contributed by atoms with Crippen LogP contribution in [0.2, 0.25) is 0 Å². The largest absolute Gasteiger partial charge is 0.393 e. The van der Waals surface area contributed by atoms with Crippen molar-refractivity contribution in [2.24, 2.45) is 11.8 Å². The molecule has 1 saturated carbocycles. The molecule has 0 aromatic heterocycles. The summed E-state index contributed by atoms with van der Waals surface area (Å²) in [5.74, 6) is 0.470. The average Bonchev–Trinajstić information content (AvgIpc) is 2.68. The minimum atomic E-state index is -0.271. The van der Waals surface area contributed by atoms with Crippen LogP contribution in [0.3, 0.4) is 0 Å². The molecule has 2 nitrogen and oxygen atoms in total. The molecule has 0 saturated heterocycles. The van der Waals surface area contributed by atoms with Gasteiger partial charge in [-0.1, -0.05) is 37.1 Å². The molecule has 90 valence electrons. The third kappa shape index (κ3) is 1.81. The average molecular weight is 230 g/mol. The second-order valence-corrected chi connectivity index (χ2v) is 5.35. The second-order valence-electron chi connectivity index (χ2n) is 5.35. The minimum Gasteiger partial charge on any atom is -0.393 e. The maximum Gasteiger partial charge on any atom is 0.166 e. The van der Waals surface area contributed by atoms with Crippen molar-refractivity contribution in [1.82, 2.24) is 0 Å². The van der Waals surface area contributed by atoms with E-state index >= 15 is 0 Å². The SMILES string of the molecule is O=C1c2ccccc2CC1C1CCCCC1O. The zero-order valence-corrected chi connectivity index (χ0v) is 9.93. The van der Waals surface area contributed by atoms with Gasteiger partial charge in [0.25, 0.3) is 0 Å². The summed E-state index contributed by atoms with van der Waals surface area (Å²) in [6, 6.07) is 7.89. The summed E-state index contributed by atoms with van der Waals surface area (Å²) in [6.45, 7) is 0. The van der Waals surface area contributed by atoms with E-state index in [1.165, 1.54) is 5.56 Å². The van der Waals surface area contributed by atoms with Crippen LogP contribution >= 0.6 is 0 Å². The lowest BCUT2D eigenvalue weighted by molar-refractivity contribution is 0.0358. The number of fused-ring (bicyclic) bond motifs is 1. The van der Waals surface area contributed by atoms with Crippen LogP contribution in [0, 0.1) is 11.8 Å². The summed E-state index contributed by atoms with van der Waals surface area (Å²) >= 11 is 0. The molecule has 1 N–H and O–H groups in total. The zero-order valence-electron chi connectivity index (χ0n) is 9.93. The second kappa shape index (κ2) is 4.26. The molecule has 3 atom stereocenters. The van der Waals surface area contributed by atoms with Gasteiger partial charge in [0.05, 0.1) is 6.10 Å². The molecule has 0 amide bonds. The van der Waals surface area contributed by atoms with Crippen LogP contribution < -0.4 is 0 Å². The van der Waals surface area contributed by atoms with E-state index in [-0.39, 0.29) is 23.7 Å². The van der Waals surface area contributed by atoms with Crippen molar-refractivity contribution in [2.45, 2.75) is 38.2 Å². The molecule has 2 aliphatic carbocycles. The predicted octanol–water partition coefficient (Wildman–Crippen LogP) is 2.59. The maximum absolute atomic E-state index is 12.3. The topological polar surface area (TPSA) is 37.3 Å². The van der Waals surface area contributed by atoms with Crippen LogP contribution in [0.25, 0.3) is 0 Å². The van der Waals surface area contributed by atoms with E-state index in [0.29, 0.717) is 0 Å². The maximum atomic E-state index is 12.3. The lowest BCUT2D eigenvalue weighted by Crippen LogP contribution is -2.33. The monoisotopic (exact) mass is 230 g/mol. The smallest absolute Gasteiger partial charge is 0.166 e. The summed E-state index contributed by atoms with van der Waals surface area (Å²) in [5.41, 5.74) is 2.05. The fraction of sp³-hybridized carbons (Fsp3) is 0.533. The first-order chi connectivity index (χ1) is 8.27. The van der Waals surface area contributed by atoms with E-state index in [1.54, 1.807) is 0 Å². The van der Waals surface area contributed by atoms with Gasteiger partial charge >= 0.3 is 0 Å². The molecule has 3 rings (SSSR count). The molecule has 1 fully saturated rings. The van der Waals surface area contributed by atoms with Gasteiger partial charge in [-0.25, -0.2) is 0 Å². The Balaban J connectivity index is 1.86. The van der Waals surface area contributed by atoms with Gasteiger partial charge in [-0.3, -0.25) is 4.79 Å². The van der Waals surface area contributed by atoms with Gasteiger partial charge in [0.2, 0.25) is 0 Å². The van der Waals surface area contributed by atoms with Crippen LogP contribution in [0.4, 0.5) is 0 Å². The number of benzene rings is 1. The molecule has 0 aliphatic heterocycles. The van der Waals surface area contributed by atoms with Crippen molar-refractivity contribution >= 4 is 5.78 Å². The molecule has 0 spiro atoms. The summed E-state index contributed by atoms with van der Waals surface area (Å²) in [5, 5.41) is 10.1. The molecule has 17 heavy (non-hydrogen) atoms. The van der Waals surface area contributed by atoms with Gasteiger partial charge in [0, 0.05) is 11.5 Å². The van der Waals surface area contributed by atoms with Crippen LogP contribution in [0.15, 0.2) is 24.3 Å². The zero-order chi connectivity index (χ0) is 11.8. The number of hydrogen-bond acceptors (Lipinski definition) is 2. The van der Waals surface area contributed by atoms with Crippen molar-refractivity contribution < 1.29 is 9.90 Å². The van der Waals surface area contributed by atoms with Gasteiger partial charge in [0.1, 0.15) is 0 Å². The highest BCUT2D eigenvalue weighted by Gasteiger charge is 2.39. The van der Waals surface area contributed by atoms with Gasteiger partial charge in [-0.05, 0) is 30.7 Å². The number of carbonyl (C=O) groups excluding carboxylic acids is 1. The predicted molar refractivity (Wildman–Crippen MR) is 65.9 cm³/mol. The molecule has 3 unspecified atom stereocenters. The van der Waals surface area contributed by atoms with Crippen LogP contribution in [0.5, 0.6) is 0 Å². The van der Waals surface area contributed by atoms with Gasteiger partial charge < -0.3 is 5.11 Å². The van der Waals surface area contributed by atoms with Crippen molar-refractivity contribution in [3.05, 3.63) is 35.4 Å². The number of rotatable bonds is 1. The highest BCUT2D eigenvalue weighted by molar-refractivity contribution is 6.02. The Bertz CT molecular complexity index is 438. The number of carbonyl (C=O) groups is 1. The van der Waals surface area contributed by atoms with E-state index in [1.807, 2.05) is 24.3 Å². The van der Waals surface area contributed by atoms with Crippen molar-refractivity contribution in [3.63, 3.8) is 0 Å². The molecule has 1 aromatic rings. The van der Waals surface area contributed by atoms with E-state index < -0.39 is 0 Å². The highest BCUT2D eigenvalue weighted by Crippen LogP contribution is 2.38. The first-order valence-corrected chi connectivity index (χ1v) is 6.57. The summed E-state index contributed by atoms with van der Waals surface area (Å²) in [7, 11) is 0.